The number of ketones is 1. The third kappa shape index (κ3) is 3.65. The van der Waals surface area contributed by atoms with E-state index in [2.05, 4.69) is 4.72 Å². The minimum absolute atomic E-state index is 0.170. The SMILES string of the molecule is N#CCc1ccc(S(=O)(=O)NC2CCC(=O)CC2)cc1. The zero-order valence-corrected chi connectivity index (χ0v) is 11.8. The average Bonchev–Trinajstić information content (AvgIpc) is 2.42. The molecule has 1 aliphatic carbocycles. The monoisotopic (exact) mass is 292 g/mol. The first kappa shape index (κ1) is 14.7. The van der Waals surface area contributed by atoms with Crippen LogP contribution < -0.4 is 4.72 Å². The van der Waals surface area contributed by atoms with E-state index in [4.69, 9.17) is 5.26 Å². The van der Waals surface area contributed by atoms with Gasteiger partial charge in [0.15, 0.2) is 0 Å². The number of nitrogens with zero attached hydrogens (tertiary/aromatic N) is 1. The molecule has 0 unspecified atom stereocenters. The van der Waals surface area contributed by atoms with Crippen LogP contribution in [0, 0.1) is 11.3 Å². The van der Waals surface area contributed by atoms with Crippen molar-refractivity contribution in [3.63, 3.8) is 0 Å². The van der Waals surface area contributed by atoms with E-state index in [-0.39, 0.29) is 23.1 Å². The number of rotatable bonds is 4. The van der Waals surface area contributed by atoms with E-state index in [0.29, 0.717) is 25.7 Å². The van der Waals surface area contributed by atoms with E-state index in [1.807, 2.05) is 6.07 Å². The summed E-state index contributed by atoms with van der Waals surface area (Å²) in [5.41, 5.74) is 0.787. The fourth-order valence-corrected chi connectivity index (χ4v) is 3.53. The van der Waals surface area contributed by atoms with Crippen molar-refractivity contribution in [2.45, 2.75) is 43.0 Å². The van der Waals surface area contributed by atoms with E-state index < -0.39 is 10.0 Å². The standard InChI is InChI=1S/C14H16N2O3S/c15-10-9-11-1-7-14(8-2-11)20(18,19)16-12-3-5-13(17)6-4-12/h1-2,7-8,12,16H,3-6,9H2. The van der Waals surface area contributed by atoms with E-state index in [0.717, 1.165) is 5.56 Å². The second-order valence-corrected chi connectivity index (χ2v) is 6.63. The molecule has 0 aromatic heterocycles. The molecular formula is C14H16N2O3S. The van der Waals surface area contributed by atoms with Crippen LogP contribution in [0.25, 0.3) is 0 Å². The maximum atomic E-state index is 12.2. The second-order valence-electron chi connectivity index (χ2n) is 4.91. The van der Waals surface area contributed by atoms with Crippen molar-refractivity contribution in [2.24, 2.45) is 0 Å². The first-order chi connectivity index (χ1) is 9.51. The molecule has 1 fully saturated rings. The predicted octanol–water partition coefficient (Wildman–Crippen LogP) is 1.54. The van der Waals surface area contributed by atoms with Crippen LogP contribution in [-0.2, 0) is 21.2 Å². The molecule has 0 heterocycles. The van der Waals surface area contributed by atoms with Crippen molar-refractivity contribution >= 4 is 15.8 Å². The van der Waals surface area contributed by atoms with Crippen LogP contribution in [0.2, 0.25) is 0 Å². The van der Waals surface area contributed by atoms with Crippen LogP contribution in [0.3, 0.4) is 0 Å². The molecule has 0 amide bonds. The highest BCUT2D eigenvalue weighted by molar-refractivity contribution is 7.89. The van der Waals surface area contributed by atoms with Gasteiger partial charge in [-0.3, -0.25) is 4.79 Å². The van der Waals surface area contributed by atoms with Crippen LogP contribution in [0.5, 0.6) is 0 Å². The number of Topliss-reactive ketones (excluding diaryl/α,β-unsaturated/α-hetero) is 1. The maximum Gasteiger partial charge on any atom is 0.240 e. The summed E-state index contributed by atoms with van der Waals surface area (Å²) in [6.45, 7) is 0. The molecule has 0 aliphatic heterocycles. The lowest BCUT2D eigenvalue weighted by Gasteiger charge is -2.22. The van der Waals surface area contributed by atoms with Gasteiger partial charge in [-0.15, -0.1) is 0 Å². The van der Waals surface area contributed by atoms with Gasteiger partial charge in [0.05, 0.1) is 17.4 Å². The first-order valence-electron chi connectivity index (χ1n) is 6.51. The lowest BCUT2D eigenvalue weighted by atomic mass is 9.95. The summed E-state index contributed by atoms with van der Waals surface area (Å²) in [6, 6.07) is 8.13. The normalized spacial score (nSPS) is 16.9. The number of sulfonamides is 1. The van der Waals surface area contributed by atoms with E-state index in [1.54, 1.807) is 12.1 Å². The lowest BCUT2D eigenvalue weighted by molar-refractivity contribution is -0.120. The quantitative estimate of drug-likeness (QED) is 0.912. The molecule has 1 saturated carbocycles. The minimum atomic E-state index is -3.55. The Kier molecular flexibility index (Phi) is 4.53. The number of hydrogen-bond donors (Lipinski definition) is 1. The summed E-state index contributed by atoms with van der Waals surface area (Å²) < 4.78 is 27.0. The van der Waals surface area contributed by atoms with Crippen LogP contribution in [-0.4, -0.2) is 20.2 Å². The highest BCUT2D eigenvalue weighted by atomic mass is 32.2. The zero-order valence-electron chi connectivity index (χ0n) is 11.0. The van der Waals surface area contributed by atoms with Gasteiger partial charge < -0.3 is 0 Å². The van der Waals surface area contributed by atoms with Gasteiger partial charge >= 0.3 is 0 Å². The molecule has 2 rings (SSSR count). The first-order valence-corrected chi connectivity index (χ1v) is 7.99. The zero-order chi connectivity index (χ0) is 14.6. The minimum Gasteiger partial charge on any atom is -0.300 e. The number of carbonyl (C=O) groups is 1. The summed E-state index contributed by atoms with van der Waals surface area (Å²) in [4.78, 5) is 11.3. The Morgan fingerprint density at radius 3 is 2.35 bits per heavy atom. The van der Waals surface area contributed by atoms with Gasteiger partial charge in [0.2, 0.25) is 10.0 Å². The topological polar surface area (TPSA) is 87.0 Å². The van der Waals surface area contributed by atoms with Gasteiger partial charge in [-0.25, -0.2) is 13.1 Å². The van der Waals surface area contributed by atoms with Crippen molar-refractivity contribution in [3.8, 4) is 6.07 Å². The van der Waals surface area contributed by atoms with Crippen molar-refractivity contribution in [1.29, 1.82) is 5.26 Å². The third-order valence-electron chi connectivity index (χ3n) is 3.38. The maximum absolute atomic E-state index is 12.2. The Balaban J connectivity index is 2.06. The molecule has 1 aromatic rings. The van der Waals surface area contributed by atoms with Gasteiger partial charge in [0.25, 0.3) is 0 Å². The third-order valence-corrected chi connectivity index (χ3v) is 4.92. The summed E-state index contributed by atoms with van der Waals surface area (Å²) in [7, 11) is -3.55. The van der Waals surface area contributed by atoms with Gasteiger partial charge in [-0.2, -0.15) is 5.26 Å². The van der Waals surface area contributed by atoms with Gasteiger partial charge in [-0.1, -0.05) is 12.1 Å². The largest absolute Gasteiger partial charge is 0.300 e. The van der Waals surface area contributed by atoms with Gasteiger partial charge in [0, 0.05) is 18.9 Å². The average molecular weight is 292 g/mol. The fraction of sp³-hybridized carbons (Fsp3) is 0.429. The van der Waals surface area contributed by atoms with Crippen molar-refractivity contribution in [1.82, 2.24) is 4.72 Å². The molecule has 6 heteroatoms. The van der Waals surface area contributed by atoms with Crippen LogP contribution in [0.1, 0.15) is 31.2 Å². The predicted molar refractivity (Wildman–Crippen MR) is 73.3 cm³/mol. The molecule has 1 aromatic carbocycles. The van der Waals surface area contributed by atoms with Crippen molar-refractivity contribution < 1.29 is 13.2 Å². The molecular weight excluding hydrogens is 276 g/mol. The highest BCUT2D eigenvalue weighted by Gasteiger charge is 2.24. The number of hydrogen-bond acceptors (Lipinski definition) is 4. The van der Waals surface area contributed by atoms with Gasteiger partial charge in [0.1, 0.15) is 5.78 Å². The Bertz CT molecular complexity index is 619. The summed E-state index contributed by atoms with van der Waals surface area (Å²) >= 11 is 0. The Morgan fingerprint density at radius 2 is 1.80 bits per heavy atom. The summed E-state index contributed by atoms with van der Waals surface area (Å²) in [6.07, 6.45) is 2.26. The van der Waals surface area contributed by atoms with E-state index in [1.165, 1.54) is 12.1 Å². The molecule has 0 radical (unpaired) electrons. The Morgan fingerprint density at radius 1 is 1.20 bits per heavy atom. The molecule has 5 nitrogen and oxygen atoms in total. The van der Waals surface area contributed by atoms with Gasteiger partial charge in [-0.05, 0) is 30.5 Å². The lowest BCUT2D eigenvalue weighted by Crippen LogP contribution is -2.37. The fourth-order valence-electron chi connectivity index (χ4n) is 2.22. The number of nitrogens with one attached hydrogen (secondary N) is 1. The molecule has 0 spiro atoms. The van der Waals surface area contributed by atoms with E-state index >= 15 is 0 Å². The Hall–Kier alpha value is -1.71. The second kappa shape index (κ2) is 6.16. The van der Waals surface area contributed by atoms with Crippen LogP contribution >= 0.6 is 0 Å². The van der Waals surface area contributed by atoms with Crippen molar-refractivity contribution in [2.75, 3.05) is 0 Å². The van der Waals surface area contributed by atoms with Crippen molar-refractivity contribution in [3.05, 3.63) is 29.8 Å². The smallest absolute Gasteiger partial charge is 0.240 e. The van der Waals surface area contributed by atoms with E-state index in [9.17, 15) is 13.2 Å². The number of benzene rings is 1. The highest BCUT2D eigenvalue weighted by Crippen LogP contribution is 2.18. The molecule has 1 N–H and O–H groups in total. The molecule has 0 bridgehead atoms. The Labute approximate surface area is 118 Å². The van der Waals surface area contributed by atoms with Crippen LogP contribution in [0.4, 0.5) is 0 Å². The summed E-state index contributed by atoms with van der Waals surface area (Å²) in [5, 5.41) is 8.58. The molecule has 0 atom stereocenters. The molecule has 1 aliphatic rings. The number of nitriles is 1. The molecule has 20 heavy (non-hydrogen) atoms. The summed E-state index contributed by atoms with van der Waals surface area (Å²) in [5.74, 6) is 0.196. The number of carbonyl (C=O) groups excluding carboxylic acids is 1. The van der Waals surface area contributed by atoms with Crippen LogP contribution in [0.15, 0.2) is 29.2 Å². The molecule has 106 valence electrons. The molecule has 0 saturated heterocycles.